The maximum atomic E-state index is 11.6. The smallest absolute Gasteiger partial charge is 0.377 e. The zero-order chi connectivity index (χ0) is 13.2. The summed E-state index contributed by atoms with van der Waals surface area (Å²) < 4.78 is 9.99. The number of aliphatic carboxylic acids is 1. The number of carbonyl (C=O) groups is 2. The van der Waals surface area contributed by atoms with Crippen molar-refractivity contribution in [1.29, 1.82) is 0 Å². The number of carboxylic acids is 1. The zero-order valence-electron chi connectivity index (χ0n) is 9.54. The van der Waals surface area contributed by atoms with Crippen LogP contribution < -0.4 is 9.47 Å². The summed E-state index contributed by atoms with van der Waals surface area (Å²) in [7, 11) is 2.70. The van der Waals surface area contributed by atoms with E-state index in [9.17, 15) is 9.59 Å². The molecule has 17 heavy (non-hydrogen) atoms. The molecule has 0 aliphatic rings. The molecular formula is C11H11ClO5. The lowest BCUT2D eigenvalue weighted by molar-refractivity contribution is -0.131. The first-order valence-electron chi connectivity index (χ1n) is 4.62. The summed E-state index contributed by atoms with van der Waals surface area (Å²) in [5.41, 5.74) is 0.251. The average Bonchev–Trinajstić information content (AvgIpc) is 2.30. The van der Waals surface area contributed by atoms with Gasteiger partial charge in [-0.1, -0.05) is 11.6 Å². The number of ketones is 1. The van der Waals surface area contributed by atoms with Crippen LogP contribution >= 0.6 is 11.6 Å². The van der Waals surface area contributed by atoms with E-state index in [1.165, 1.54) is 20.3 Å². The summed E-state index contributed by atoms with van der Waals surface area (Å²) in [6.07, 6.45) is 0. The number of methoxy groups -OCH3 is 2. The van der Waals surface area contributed by atoms with Crippen molar-refractivity contribution < 1.29 is 24.2 Å². The highest BCUT2D eigenvalue weighted by Gasteiger charge is 2.26. The van der Waals surface area contributed by atoms with Crippen molar-refractivity contribution >= 4 is 23.4 Å². The largest absolute Gasteiger partial charge is 0.493 e. The fraction of sp³-hybridized carbons (Fsp3) is 0.273. The van der Waals surface area contributed by atoms with Gasteiger partial charge in [-0.05, 0) is 12.5 Å². The van der Waals surface area contributed by atoms with Crippen molar-refractivity contribution in [2.24, 2.45) is 0 Å². The van der Waals surface area contributed by atoms with Gasteiger partial charge < -0.3 is 14.6 Å². The van der Waals surface area contributed by atoms with Gasteiger partial charge in [-0.3, -0.25) is 4.79 Å². The first kappa shape index (κ1) is 13.3. The van der Waals surface area contributed by atoms with E-state index in [1.807, 2.05) is 0 Å². The van der Waals surface area contributed by atoms with Crippen molar-refractivity contribution in [3.05, 3.63) is 22.2 Å². The number of carboxylic acid groups (broad SMARTS) is 1. The summed E-state index contributed by atoms with van der Waals surface area (Å²) in [6, 6.07) is 1.47. The lowest BCUT2D eigenvalue weighted by atomic mass is 10.0. The molecule has 0 fully saturated rings. The molecule has 0 unspecified atom stereocenters. The lowest BCUT2D eigenvalue weighted by Gasteiger charge is -2.14. The van der Waals surface area contributed by atoms with E-state index >= 15 is 0 Å². The number of hydrogen-bond acceptors (Lipinski definition) is 4. The van der Waals surface area contributed by atoms with Gasteiger partial charge in [0.2, 0.25) is 0 Å². The normalized spacial score (nSPS) is 9.88. The molecule has 5 nitrogen and oxygen atoms in total. The van der Waals surface area contributed by atoms with Crippen LogP contribution in [0.2, 0.25) is 5.02 Å². The Kier molecular flexibility index (Phi) is 3.96. The number of carbonyl (C=O) groups excluding carboxylic acids is 1. The first-order chi connectivity index (χ1) is 7.93. The first-order valence-corrected chi connectivity index (χ1v) is 5.00. The highest BCUT2D eigenvalue weighted by Crippen LogP contribution is 2.37. The Morgan fingerprint density at radius 2 is 1.88 bits per heavy atom. The van der Waals surface area contributed by atoms with Crippen molar-refractivity contribution in [2.75, 3.05) is 14.2 Å². The quantitative estimate of drug-likeness (QED) is 0.660. The molecule has 0 spiro atoms. The minimum atomic E-state index is -1.57. The maximum absolute atomic E-state index is 11.6. The summed E-state index contributed by atoms with van der Waals surface area (Å²) in [5, 5.41) is 8.99. The van der Waals surface area contributed by atoms with Crippen LogP contribution in [-0.2, 0) is 4.79 Å². The summed E-state index contributed by atoms with van der Waals surface area (Å²) in [6.45, 7) is 1.54. The van der Waals surface area contributed by atoms with Gasteiger partial charge in [0.1, 0.15) is 0 Å². The summed E-state index contributed by atoms with van der Waals surface area (Å²) in [5.74, 6) is -2.37. The Morgan fingerprint density at radius 1 is 1.29 bits per heavy atom. The van der Waals surface area contributed by atoms with Gasteiger partial charge in [-0.25, -0.2) is 4.79 Å². The molecule has 0 saturated heterocycles. The molecule has 0 aliphatic heterocycles. The van der Waals surface area contributed by atoms with Crippen LogP contribution in [0.1, 0.15) is 15.9 Å². The predicted octanol–water partition coefficient (Wildman–Crippen LogP) is 1.93. The third kappa shape index (κ3) is 2.34. The molecule has 0 atom stereocenters. The van der Waals surface area contributed by atoms with E-state index < -0.39 is 11.8 Å². The summed E-state index contributed by atoms with van der Waals surface area (Å²) >= 11 is 5.89. The second-order valence-electron chi connectivity index (χ2n) is 3.23. The van der Waals surface area contributed by atoms with Crippen LogP contribution in [0.5, 0.6) is 11.5 Å². The Labute approximate surface area is 103 Å². The summed E-state index contributed by atoms with van der Waals surface area (Å²) in [4.78, 5) is 22.3. The van der Waals surface area contributed by atoms with Gasteiger partial charge >= 0.3 is 5.97 Å². The van der Waals surface area contributed by atoms with E-state index in [2.05, 4.69) is 0 Å². The van der Waals surface area contributed by atoms with E-state index in [1.54, 1.807) is 6.92 Å². The average molecular weight is 259 g/mol. The van der Waals surface area contributed by atoms with Gasteiger partial charge in [-0.15, -0.1) is 0 Å². The highest BCUT2D eigenvalue weighted by atomic mass is 35.5. The van der Waals surface area contributed by atoms with Crippen molar-refractivity contribution in [3.8, 4) is 11.5 Å². The Balaban J connectivity index is 3.60. The number of benzene rings is 1. The Hall–Kier alpha value is -1.75. The van der Waals surface area contributed by atoms with Gasteiger partial charge in [-0.2, -0.15) is 0 Å². The van der Waals surface area contributed by atoms with Gasteiger partial charge in [0, 0.05) is 11.1 Å². The monoisotopic (exact) mass is 258 g/mol. The molecule has 0 aromatic heterocycles. The molecule has 0 heterocycles. The zero-order valence-corrected chi connectivity index (χ0v) is 10.3. The molecule has 6 heteroatoms. The minimum Gasteiger partial charge on any atom is -0.493 e. The molecule has 0 aliphatic carbocycles. The molecule has 0 amide bonds. The van der Waals surface area contributed by atoms with Crippen LogP contribution in [0.4, 0.5) is 0 Å². The van der Waals surface area contributed by atoms with E-state index in [0.717, 1.165) is 0 Å². The molecule has 1 aromatic carbocycles. The molecular weight excluding hydrogens is 248 g/mol. The van der Waals surface area contributed by atoms with Crippen molar-refractivity contribution in [3.63, 3.8) is 0 Å². The second-order valence-corrected chi connectivity index (χ2v) is 3.64. The second kappa shape index (κ2) is 5.05. The highest BCUT2D eigenvalue weighted by molar-refractivity contribution is 6.42. The molecule has 92 valence electrons. The standard InChI is InChI=1S/C11H11ClO5/c1-5-6(12)4-7(16-2)10(17-3)8(5)9(13)11(14)15/h4H,1-3H3,(H,14,15). The van der Waals surface area contributed by atoms with Crippen LogP contribution in [-0.4, -0.2) is 31.1 Å². The molecule has 0 saturated carbocycles. The maximum Gasteiger partial charge on any atom is 0.377 e. The molecule has 0 bridgehead atoms. The Bertz CT molecular complexity index is 481. The topological polar surface area (TPSA) is 72.8 Å². The van der Waals surface area contributed by atoms with Gasteiger partial charge in [0.15, 0.2) is 11.5 Å². The molecule has 0 radical (unpaired) electrons. The van der Waals surface area contributed by atoms with E-state index in [4.69, 9.17) is 26.2 Å². The Morgan fingerprint density at radius 3 is 2.29 bits per heavy atom. The number of halogens is 1. The third-order valence-electron chi connectivity index (χ3n) is 2.29. The number of ether oxygens (including phenoxy) is 2. The SMILES string of the molecule is COc1cc(Cl)c(C)c(C(=O)C(=O)O)c1OC. The van der Waals surface area contributed by atoms with Crippen molar-refractivity contribution in [1.82, 2.24) is 0 Å². The van der Waals surface area contributed by atoms with Crippen molar-refractivity contribution in [2.45, 2.75) is 6.92 Å². The molecule has 1 rings (SSSR count). The van der Waals surface area contributed by atoms with Crippen LogP contribution in [0, 0.1) is 6.92 Å². The molecule has 1 aromatic rings. The van der Waals surface area contributed by atoms with E-state index in [0.29, 0.717) is 5.56 Å². The third-order valence-corrected chi connectivity index (χ3v) is 2.68. The van der Waals surface area contributed by atoms with Crippen LogP contribution in [0.15, 0.2) is 6.07 Å². The van der Waals surface area contributed by atoms with Crippen LogP contribution in [0.3, 0.4) is 0 Å². The number of hydrogen-bond donors (Lipinski definition) is 1. The predicted molar refractivity (Wildman–Crippen MR) is 61.3 cm³/mol. The van der Waals surface area contributed by atoms with Gasteiger partial charge in [0.25, 0.3) is 5.78 Å². The fourth-order valence-electron chi connectivity index (χ4n) is 1.44. The number of rotatable bonds is 4. The number of Topliss-reactive ketones (excluding diaryl/α,β-unsaturated/α-hetero) is 1. The fourth-order valence-corrected chi connectivity index (χ4v) is 1.63. The minimum absolute atomic E-state index is 0.0711. The van der Waals surface area contributed by atoms with Gasteiger partial charge in [0.05, 0.1) is 19.8 Å². The van der Waals surface area contributed by atoms with Crippen LogP contribution in [0.25, 0.3) is 0 Å². The lowest BCUT2D eigenvalue weighted by Crippen LogP contribution is -2.16. The molecule has 1 N–H and O–H groups in total. The van der Waals surface area contributed by atoms with E-state index in [-0.39, 0.29) is 22.1 Å².